The van der Waals surface area contributed by atoms with E-state index in [-0.39, 0.29) is 22.6 Å². The van der Waals surface area contributed by atoms with Gasteiger partial charge in [0.15, 0.2) is 6.54 Å². The van der Waals surface area contributed by atoms with Gasteiger partial charge in [-0.2, -0.15) is 0 Å². The highest BCUT2D eigenvalue weighted by atomic mass is 16.5. The molecule has 0 aliphatic carbocycles. The highest BCUT2D eigenvalue weighted by molar-refractivity contribution is 5.74. The maximum absolute atomic E-state index is 13.0. The first-order chi connectivity index (χ1) is 13.6. The van der Waals surface area contributed by atoms with Crippen LogP contribution in [0.4, 0.5) is 0 Å². The Kier molecular flexibility index (Phi) is 7.90. The molecule has 0 bridgehead atoms. The van der Waals surface area contributed by atoms with Crippen LogP contribution < -0.4 is 4.74 Å². The Bertz CT molecular complexity index is 781. The Hall–Kier alpha value is -1.39. The number of likely N-dealkylation sites (N-methyl/N-ethyl adjacent to an activating group) is 1. The summed E-state index contributed by atoms with van der Waals surface area (Å²) in [4.78, 5) is 13.0. The van der Waals surface area contributed by atoms with E-state index in [4.69, 9.17) is 4.74 Å². The second-order valence-corrected chi connectivity index (χ2v) is 12.9. The molecule has 0 saturated heterocycles. The van der Waals surface area contributed by atoms with Crippen LogP contribution in [0.5, 0.6) is 5.75 Å². The van der Waals surface area contributed by atoms with Crippen LogP contribution >= 0.6 is 0 Å². The zero-order valence-corrected chi connectivity index (χ0v) is 22.9. The Morgan fingerprint density at radius 1 is 0.935 bits per heavy atom. The number of ether oxygens (including phenoxy) is 1. The molecule has 4 nitrogen and oxygen atoms in total. The minimum Gasteiger partial charge on any atom is -0.422 e. The number of benzene rings is 1. The van der Waals surface area contributed by atoms with E-state index < -0.39 is 0 Å². The Morgan fingerprint density at radius 3 is 1.90 bits per heavy atom. The molecule has 0 aliphatic rings. The van der Waals surface area contributed by atoms with Crippen molar-refractivity contribution in [1.29, 1.82) is 0 Å². The number of aryl methyl sites for hydroxylation is 1. The third-order valence-corrected chi connectivity index (χ3v) is 8.32. The van der Waals surface area contributed by atoms with Crippen LogP contribution in [0.15, 0.2) is 18.2 Å². The molecule has 0 heterocycles. The van der Waals surface area contributed by atoms with E-state index in [0.717, 1.165) is 16.5 Å². The summed E-state index contributed by atoms with van der Waals surface area (Å²) in [6, 6.07) is 6.16. The van der Waals surface area contributed by atoms with E-state index in [2.05, 4.69) is 96.6 Å². The average Bonchev–Trinajstić information content (AvgIpc) is 2.53. The highest BCUT2D eigenvalue weighted by Crippen LogP contribution is 2.39. The van der Waals surface area contributed by atoms with E-state index in [0.29, 0.717) is 22.7 Å². The fourth-order valence-corrected chi connectivity index (χ4v) is 4.16. The number of esters is 1. The third-order valence-electron chi connectivity index (χ3n) is 8.32. The van der Waals surface area contributed by atoms with Crippen LogP contribution in [0.3, 0.4) is 0 Å². The number of quaternary nitrogens is 2. The smallest absolute Gasteiger partial charge is 0.367 e. The summed E-state index contributed by atoms with van der Waals surface area (Å²) in [5.74, 6) is 0.903. The van der Waals surface area contributed by atoms with E-state index in [1.807, 2.05) is 19.1 Å². The van der Waals surface area contributed by atoms with Crippen LogP contribution in [0.2, 0.25) is 0 Å². The van der Waals surface area contributed by atoms with Gasteiger partial charge in [0.1, 0.15) is 5.75 Å². The number of rotatable bonds is 8. The summed E-state index contributed by atoms with van der Waals surface area (Å²) in [5, 5.41) is 0. The normalized spacial score (nSPS) is 14.2. The molecule has 0 unspecified atom stereocenters. The molecule has 1 aromatic rings. The maximum atomic E-state index is 13.0. The van der Waals surface area contributed by atoms with Gasteiger partial charge in [-0.05, 0) is 78.5 Å². The molecule has 0 N–H and O–H groups in total. The third kappa shape index (κ3) is 6.10. The summed E-state index contributed by atoms with van der Waals surface area (Å²) in [6.07, 6.45) is 0.979. The standard InChI is InChI=1S/C27H50N2O2/c1-20(2)22-16-15-21(3)23(17-22)31-24(30)18-28(11,12)26(7,8)19-27(9,10)29(13,14)25(4,5)6/h15-17,20H,18-19H2,1-14H3/q+2. The van der Waals surface area contributed by atoms with Crippen molar-refractivity contribution in [1.82, 2.24) is 0 Å². The largest absolute Gasteiger partial charge is 0.422 e. The lowest BCUT2D eigenvalue weighted by atomic mass is 9.79. The summed E-state index contributed by atoms with van der Waals surface area (Å²) in [5.41, 5.74) is 2.22. The summed E-state index contributed by atoms with van der Waals surface area (Å²) >= 11 is 0. The molecule has 1 aromatic carbocycles. The van der Waals surface area contributed by atoms with Gasteiger partial charge in [-0.3, -0.25) is 0 Å². The highest BCUT2D eigenvalue weighted by Gasteiger charge is 2.52. The van der Waals surface area contributed by atoms with Crippen LogP contribution in [-0.2, 0) is 4.79 Å². The molecular weight excluding hydrogens is 384 g/mol. The second kappa shape index (κ2) is 8.86. The van der Waals surface area contributed by atoms with Crippen molar-refractivity contribution in [3.63, 3.8) is 0 Å². The molecule has 0 aromatic heterocycles. The fourth-order valence-electron chi connectivity index (χ4n) is 4.16. The van der Waals surface area contributed by atoms with E-state index in [9.17, 15) is 4.79 Å². The van der Waals surface area contributed by atoms with E-state index >= 15 is 0 Å². The second-order valence-electron chi connectivity index (χ2n) is 12.9. The number of nitrogens with zero attached hydrogens (tertiary/aromatic N) is 2. The van der Waals surface area contributed by atoms with E-state index in [1.165, 1.54) is 5.56 Å². The van der Waals surface area contributed by atoms with Crippen molar-refractivity contribution in [3.05, 3.63) is 29.3 Å². The molecule has 1 rings (SSSR count). The number of carbonyl (C=O) groups excluding carboxylic acids is 1. The van der Waals surface area contributed by atoms with Crippen LogP contribution in [0.25, 0.3) is 0 Å². The van der Waals surface area contributed by atoms with Crippen LogP contribution in [0, 0.1) is 6.92 Å². The van der Waals surface area contributed by atoms with Crippen molar-refractivity contribution >= 4 is 5.97 Å². The van der Waals surface area contributed by atoms with E-state index in [1.54, 1.807) is 0 Å². The van der Waals surface area contributed by atoms with Gasteiger partial charge >= 0.3 is 5.97 Å². The molecule has 0 saturated carbocycles. The topological polar surface area (TPSA) is 26.3 Å². The SMILES string of the molecule is Cc1ccc(C(C)C)cc1OC(=O)C[N+](C)(C)C(C)(C)CC(C)(C)[N+](C)(C)C(C)(C)C. The summed E-state index contributed by atoms with van der Waals surface area (Å²) in [7, 11) is 8.92. The Morgan fingerprint density at radius 2 is 1.45 bits per heavy atom. The van der Waals surface area contributed by atoms with Crippen molar-refractivity contribution in [2.75, 3.05) is 34.7 Å². The van der Waals surface area contributed by atoms with Gasteiger partial charge in [-0.1, -0.05) is 26.0 Å². The Balaban J connectivity index is 3.05. The van der Waals surface area contributed by atoms with Gasteiger partial charge in [0.25, 0.3) is 0 Å². The number of carbonyl (C=O) groups is 1. The molecule has 0 fully saturated rings. The lowest BCUT2D eigenvalue weighted by Crippen LogP contribution is -2.69. The molecule has 178 valence electrons. The minimum atomic E-state index is -0.176. The van der Waals surface area contributed by atoms with Gasteiger partial charge in [0.05, 0.1) is 51.2 Å². The Labute approximate surface area is 192 Å². The molecule has 4 heteroatoms. The molecular formula is C27H50N2O2+2. The zero-order valence-electron chi connectivity index (χ0n) is 22.9. The van der Waals surface area contributed by atoms with Crippen LogP contribution in [-0.4, -0.2) is 66.3 Å². The number of hydrogen-bond acceptors (Lipinski definition) is 2. The first-order valence-electron chi connectivity index (χ1n) is 11.6. The van der Waals surface area contributed by atoms with Crippen molar-refractivity contribution in [2.45, 2.75) is 98.2 Å². The van der Waals surface area contributed by atoms with Crippen molar-refractivity contribution < 1.29 is 18.5 Å². The van der Waals surface area contributed by atoms with Gasteiger partial charge in [-0.25, -0.2) is 4.79 Å². The summed E-state index contributed by atoms with van der Waals surface area (Å²) in [6.45, 7) is 22.8. The predicted molar refractivity (Wildman–Crippen MR) is 133 cm³/mol. The van der Waals surface area contributed by atoms with Gasteiger partial charge in [-0.15, -0.1) is 0 Å². The molecule has 0 aliphatic heterocycles. The predicted octanol–water partition coefficient (Wildman–Crippen LogP) is 5.92. The van der Waals surface area contributed by atoms with Gasteiger partial charge < -0.3 is 13.7 Å². The quantitative estimate of drug-likeness (QED) is 0.288. The number of hydrogen-bond donors (Lipinski definition) is 0. The molecule has 0 radical (unpaired) electrons. The van der Waals surface area contributed by atoms with Gasteiger partial charge in [0, 0.05) is 0 Å². The lowest BCUT2D eigenvalue weighted by Gasteiger charge is -2.56. The monoisotopic (exact) mass is 434 g/mol. The van der Waals surface area contributed by atoms with Crippen molar-refractivity contribution in [3.8, 4) is 5.75 Å². The minimum absolute atomic E-state index is 0.0311. The lowest BCUT2D eigenvalue weighted by molar-refractivity contribution is -0.990. The van der Waals surface area contributed by atoms with Crippen molar-refractivity contribution in [2.24, 2.45) is 0 Å². The first kappa shape index (κ1) is 27.6. The zero-order chi connectivity index (χ0) is 24.6. The first-order valence-corrected chi connectivity index (χ1v) is 11.6. The maximum Gasteiger partial charge on any atom is 0.367 e. The average molecular weight is 435 g/mol. The summed E-state index contributed by atoms with van der Waals surface area (Å²) < 4.78 is 7.33. The molecule has 31 heavy (non-hydrogen) atoms. The molecule has 0 atom stereocenters. The fraction of sp³-hybridized carbons (Fsp3) is 0.741. The molecule has 0 spiro atoms. The van der Waals surface area contributed by atoms with Crippen LogP contribution in [0.1, 0.15) is 85.8 Å². The van der Waals surface area contributed by atoms with Gasteiger partial charge in [0.2, 0.25) is 0 Å². The molecule has 0 amide bonds.